The number of ether oxygens (including phenoxy) is 1. The van der Waals surface area contributed by atoms with Crippen LogP contribution < -0.4 is 5.32 Å². The Labute approximate surface area is 148 Å². The van der Waals surface area contributed by atoms with Crippen LogP contribution in [0.3, 0.4) is 0 Å². The lowest BCUT2D eigenvalue weighted by Crippen LogP contribution is -2.55. The normalized spacial score (nSPS) is 16.7. The molecule has 0 radical (unpaired) electrons. The fraction of sp³-hybridized carbons (Fsp3) is 0.667. The van der Waals surface area contributed by atoms with Crippen LogP contribution in [0, 0.1) is 0 Å². The highest BCUT2D eigenvalue weighted by Crippen LogP contribution is 2.28. The van der Waals surface area contributed by atoms with Crippen molar-refractivity contribution in [1.82, 2.24) is 20.2 Å². The molecule has 0 bridgehead atoms. The minimum atomic E-state index is -4.53. The van der Waals surface area contributed by atoms with E-state index in [1.807, 2.05) is 13.8 Å². The summed E-state index contributed by atoms with van der Waals surface area (Å²) in [7, 11) is 0. The van der Waals surface area contributed by atoms with Crippen molar-refractivity contribution < 1.29 is 22.7 Å². The van der Waals surface area contributed by atoms with Gasteiger partial charge in [0.15, 0.2) is 5.16 Å². The number of morpholine rings is 1. The summed E-state index contributed by atoms with van der Waals surface area (Å²) in [4.78, 5) is 21.4. The van der Waals surface area contributed by atoms with Crippen molar-refractivity contribution in [2.45, 2.75) is 30.7 Å². The smallest absolute Gasteiger partial charge is 0.379 e. The molecule has 2 rings (SSSR count). The number of carbonyl (C=O) groups excluding carboxylic acids is 1. The van der Waals surface area contributed by atoms with Gasteiger partial charge in [-0.05, 0) is 19.9 Å². The zero-order valence-electron chi connectivity index (χ0n) is 14.1. The van der Waals surface area contributed by atoms with Gasteiger partial charge in [-0.15, -0.1) is 0 Å². The summed E-state index contributed by atoms with van der Waals surface area (Å²) < 4.78 is 43.1. The highest BCUT2D eigenvalue weighted by Gasteiger charge is 2.33. The standard InChI is InChI=1S/C15H21F3N4O2S/c1-14(2,22-5-7-24-8-6-22)10-20-12(23)9-25-13-19-4-3-11(21-13)15(16,17)18/h3-4H,5-10H2,1-2H3,(H,20,23). The maximum atomic E-state index is 12.6. The molecular weight excluding hydrogens is 357 g/mol. The van der Waals surface area contributed by atoms with Crippen molar-refractivity contribution in [2.24, 2.45) is 0 Å². The molecule has 0 spiro atoms. The molecule has 6 nitrogen and oxygen atoms in total. The van der Waals surface area contributed by atoms with Gasteiger partial charge in [0, 0.05) is 31.4 Å². The number of aromatic nitrogens is 2. The second-order valence-electron chi connectivity index (χ2n) is 6.20. The van der Waals surface area contributed by atoms with Gasteiger partial charge in [0.2, 0.25) is 5.91 Å². The number of rotatable bonds is 6. The largest absolute Gasteiger partial charge is 0.433 e. The maximum Gasteiger partial charge on any atom is 0.433 e. The molecule has 1 amide bonds. The van der Waals surface area contributed by atoms with E-state index in [-0.39, 0.29) is 22.4 Å². The van der Waals surface area contributed by atoms with Crippen LogP contribution >= 0.6 is 11.8 Å². The van der Waals surface area contributed by atoms with E-state index >= 15 is 0 Å². The van der Waals surface area contributed by atoms with Crippen molar-refractivity contribution in [3.8, 4) is 0 Å². The van der Waals surface area contributed by atoms with Gasteiger partial charge in [0.25, 0.3) is 0 Å². The number of hydrogen-bond donors (Lipinski definition) is 1. The first-order chi connectivity index (χ1) is 11.7. The van der Waals surface area contributed by atoms with Crippen molar-refractivity contribution >= 4 is 17.7 Å². The van der Waals surface area contributed by atoms with Gasteiger partial charge in [0.1, 0.15) is 5.69 Å². The number of amides is 1. The lowest BCUT2D eigenvalue weighted by Gasteiger charge is -2.40. The molecule has 25 heavy (non-hydrogen) atoms. The molecule has 1 aromatic heterocycles. The monoisotopic (exact) mass is 378 g/mol. The van der Waals surface area contributed by atoms with Gasteiger partial charge in [0.05, 0.1) is 19.0 Å². The summed E-state index contributed by atoms with van der Waals surface area (Å²) in [6, 6.07) is 0.801. The third kappa shape index (κ3) is 6.12. The van der Waals surface area contributed by atoms with E-state index < -0.39 is 11.9 Å². The fourth-order valence-electron chi connectivity index (χ4n) is 2.34. The molecule has 10 heteroatoms. The zero-order valence-corrected chi connectivity index (χ0v) is 14.9. The Morgan fingerprint density at radius 1 is 1.36 bits per heavy atom. The van der Waals surface area contributed by atoms with E-state index in [0.29, 0.717) is 19.8 Å². The van der Waals surface area contributed by atoms with Gasteiger partial charge in [-0.3, -0.25) is 9.69 Å². The molecule has 1 fully saturated rings. The topological polar surface area (TPSA) is 67.4 Å². The average Bonchev–Trinajstić information content (AvgIpc) is 2.58. The maximum absolute atomic E-state index is 12.6. The molecule has 1 aliphatic heterocycles. The first kappa shape index (κ1) is 19.9. The van der Waals surface area contributed by atoms with Gasteiger partial charge in [-0.1, -0.05) is 11.8 Å². The predicted octanol–water partition coefficient (Wildman–Crippen LogP) is 1.81. The third-order valence-corrected chi connectivity index (χ3v) is 4.70. The van der Waals surface area contributed by atoms with Gasteiger partial charge < -0.3 is 10.1 Å². The van der Waals surface area contributed by atoms with Gasteiger partial charge in [-0.2, -0.15) is 13.2 Å². The van der Waals surface area contributed by atoms with E-state index in [2.05, 4.69) is 20.2 Å². The number of halogens is 3. The number of alkyl halides is 3. The third-order valence-electron chi connectivity index (χ3n) is 3.84. The van der Waals surface area contributed by atoms with Crippen LogP contribution in [-0.4, -0.2) is 64.9 Å². The molecule has 1 aromatic rings. The molecule has 0 aromatic carbocycles. The van der Waals surface area contributed by atoms with E-state index in [4.69, 9.17) is 4.74 Å². The number of hydrogen-bond acceptors (Lipinski definition) is 6. The molecule has 1 aliphatic rings. The Hall–Kier alpha value is -1.39. The lowest BCUT2D eigenvalue weighted by atomic mass is 10.0. The molecule has 0 saturated carbocycles. The summed E-state index contributed by atoms with van der Waals surface area (Å²) in [5, 5.41) is 2.74. The van der Waals surface area contributed by atoms with Crippen LogP contribution in [-0.2, 0) is 15.7 Å². The predicted molar refractivity (Wildman–Crippen MR) is 87.2 cm³/mol. The van der Waals surface area contributed by atoms with E-state index in [1.54, 1.807) is 0 Å². The van der Waals surface area contributed by atoms with Gasteiger partial charge >= 0.3 is 6.18 Å². The minimum absolute atomic E-state index is 0.0412. The van der Waals surface area contributed by atoms with Crippen molar-refractivity contribution in [3.63, 3.8) is 0 Å². The number of nitrogens with zero attached hydrogens (tertiary/aromatic N) is 3. The number of thioether (sulfide) groups is 1. The van der Waals surface area contributed by atoms with Crippen LogP contribution in [0.15, 0.2) is 17.4 Å². The van der Waals surface area contributed by atoms with Crippen LogP contribution in [0.4, 0.5) is 13.2 Å². The van der Waals surface area contributed by atoms with Crippen molar-refractivity contribution in [2.75, 3.05) is 38.6 Å². The minimum Gasteiger partial charge on any atom is -0.379 e. The quantitative estimate of drug-likeness (QED) is 0.602. The first-order valence-electron chi connectivity index (χ1n) is 7.81. The molecule has 1 N–H and O–H groups in total. The van der Waals surface area contributed by atoms with E-state index in [1.165, 1.54) is 0 Å². The second-order valence-corrected chi connectivity index (χ2v) is 7.14. The Bertz CT molecular complexity index is 592. The summed E-state index contributed by atoms with van der Waals surface area (Å²) >= 11 is 0.877. The second kappa shape index (κ2) is 8.33. The Morgan fingerprint density at radius 2 is 2.04 bits per heavy atom. The summed E-state index contributed by atoms with van der Waals surface area (Å²) in [5.41, 5.74) is -1.24. The Balaban J connectivity index is 1.80. The Kier molecular flexibility index (Phi) is 6.64. The zero-order chi connectivity index (χ0) is 18.5. The molecule has 0 unspecified atom stereocenters. The highest BCUT2D eigenvalue weighted by molar-refractivity contribution is 7.99. The molecule has 0 aliphatic carbocycles. The van der Waals surface area contributed by atoms with Crippen molar-refractivity contribution in [1.29, 1.82) is 0 Å². The number of nitrogens with one attached hydrogen (secondary N) is 1. The SMILES string of the molecule is CC(C)(CNC(=O)CSc1nccc(C(F)(F)F)n1)N1CCOCC1. The summed E-state index contributed by atoms with van der Waals surface area (Å²) in [5.74, 6) is -0.312. The van der Waals surface area contributed by atoms with Crippen LogP contribution in [0.25, 0.3) is 0 Å². The summed E-state index contributed by atoms with van der Waals surface area (Å²) in [6.45, 7) is 7.44. The average molecular weight is 378 g/mol. The fourth-order valence-corrected chi connectivity index (χ4v) is 3.01. The molecule has 2 heterocycles. The Morgan fingerprint density at radius 3 is 2.68 bits per heavy atom. The molecule has 140 valence electrons. The van der Waals surface area contributed by atoms with Crippen LogP contribution in [0.1, 0.15) is 19.5 Å². The molecule has 1 saturated heterocycles. The van der Waals surface area contributed by atoms with Crippen molar-refractivity contribution in [3.05, 3.63) is 18.0 Å². The van der Waals surface area contributed by atoms with Crippen LogP contribution in [0.2, 0.25) is 0 Å². The molecular formula is C15H21F3N4O2S. The first-order valence-corrected chi connectivity index (χ1v) is 8.79. The van der Waals surface area contributed by atoms with Gasteiger partial charge in [-0.25, -0.2) is 9.97 Å². The van der Waals surface area contributed by atoms with Crippen LogP contribution in [0.5, 0.6) is 0 Å². The van der Waals surface area contributed by atoms with E-state index in [9.17, 15) is 18.0 Å². The lowest BCUT2D eigenvalue weighted by molar-refractivity contribution is -0.141. The van der Waals surface area contributed by atoms with E-state index in [0.717, 1.165) is 37.1 Å². The number of carbonyl (C=O) groups is 1. The highest BCUT2D eigenvalue weighted by atomic mass is 32.2. The molecule has 0 atom stereocenters. The summed E-state index contributed by atoms with van der Waals surface area (Å²) in [6.07, 6.45) is -3.49.